The highest BCUT2D eigenvalue weighted by atomic mass is 32.2. The van der Waals surface area contributed by atoms with E-state index in [1.54, 1.807) is 39.8 Å². The van der Waals surface area contributed by atoms with Gasteiger partial charge in [-0.2, -0.15) is 9.57 Å². The van der Waals surface area contributed by atoms with E-state index in [1.807, 2.05) is 19.9 Å². The molecule has 8 nitrogen and oxygen atoms in total. The van der Waals surface area contributed by atoms with Crippen molar-refractivity contribution in [1.29, 1.82) is 5.26 Å². The number of hydrogen-bond acceptors (Lipinski definition) is 6. The third-order valence-corrected chi connectivity index (χ3v) is 6.15. The number of ether oxygens (including phenoxy) is 2. The first-order valence-electron chi connectivity index (χ1n) is 9.52. The van der Waals surface area contributed by atoms with Crippen LogP contribution < -0.4 is 4.74 Å². The van der Waals surface area contributed by atoms with E-state index in [9.17, 15) is 18.5 Å². The van der Waals surface area contributed by atoms with Crippen LogP contribution in [0.3, 0.4) is 0 Å². The molecule has 0 unspecified atom stereocenters. The third kappa shape index (κ3) is 5.61. The van der Waals surface area contributed by atoms with Gasteiger partial charge in [0, 0.05) is 13.1 Å². The molecule has 9 heteroatoms. The van der Waals surface area contributed by atoms with Gasteiger partial charge < -0.3 is 14.4 Å². The lowest BCUT2D eigenvalue weighted by Crippen LogP contribution is -2.56. The predicted octanol–water partition coefficient (Wildman–Crippen LogP) is 2.92. The number of rotatable bonds is 4. The van der Waals surface area contributed by atoms with Crippen molar-refractivity contribution in [1.82, 2.24) is 9.21 Å². The van der Waals surface area contributed by atoms with E-state index in [2.05, 4.69) is 0 Å². The number of nitrogens with zero attached hydrogens (tertiary/aromatic N) is 3. The number of piperazine rings is 1. The summed E-state index contributed by atoms with van der Waals surface area (Å²) in [5.41, 5.74) is 0.0282. The lowest BCUT2D eigenvalue weighted by atomic mass is 10.2. The Hall–Kier alpha value is -2.31. The van der Waals surface area contributed by atoms with Gasteiger partial charge >= 0.3 is 6.09 Å². The first kappa shape index (κ1) is 23.0. The summed E-state index contributed by atoms with van der Waals surface area (Å²) < 4.78 is 38.4. The molecule has 1 atom stereocenters. The Bertz CT molecular complexity index is 900. The van der Waals surface area contributed by atoms with Gasteiger partial charge in [-0.1, -0.05) is 0 Å². The molecule has 0 aliphatic carbocycles. The SMILES string of the molecule is Cc1cc(S(=O)(=O)N2CCN(C(=O)OC(C)(C)C)C[C@@H]2C#N)ccc1OC(C)C. The second-order valence-electron chi connectivity index (χ2n) is 8.28. The summed E-state index contributed by atoms with van der Waals surface area (Å²) in [6.07, 6.45) is -0.583. The maximum absolute atomic E-state index is 13.1. The van der Waals surface area contributed by atoms with Crippen molar-refractivity contribution in [3.05, 3.63) is 23.8 Å². The van der Waals surface area contributed by atoms with Crippen LogP contribution in [0.5, 0.6) is 5.75 Å². The molecule has 0 N–H and O–H groups in total. The maximum atomic E-state index is 13.1. The predicted molar refractivity (Wildman–Crippen MR) is 108 cm³/mol. The monoisotopic (exact) mass is 423 g/mol. The average molecular weight is 424 g/mol. The molecule has 29 heavy (non-hydrogen) atoms. The van der Waals surface area contributed by atoms with E-state index >= 15 is 0 Å². The van der Waals surface area contributed by atoms with Crippen molar-refractivity contribution in [2.45, 2.75) is 64.2 Å². The van der Waals surface area contributed by atoms with Crippen LogP contribution >= 0.6 is 0 Å². The molecule has 0 aromatic heterocycles. The highest BCUT2D eigenvalue weighted by Gasteiger charge is 2.39. The van der Waals surface area contributed by atoms with E-state index in [0.717, 1.165) is 4.31 Å². The minimum Gasteiger partial charge on any atom is -0.491 e. The number of benzene rings is 1. The van der Waals surface area contributed by atoms with Crippen LogP contribution in [0.25, 0.3) is 0 Å². The molecule has 1 aromatic carbocycles. The van der Waals surface area contributed by atoms with Gasteiger partial charge in [-0.3, -0.25) is 0 Å². The van der Waals surface area contributed by atoms with Gasteiger partial charge in [-0.05, 0) is 65.3 Å². The fourth-order valence-corrected chi connectivity index (χ4v) is 4.56. The molecule has 1 saturated heterocycles. The van der Waals surface area contributed by atoms with Crippen molar-refractivity contribution in [2.24, 2.45) is 0 Å². The smallest absolute Gasteiger partial charge is 0.410 e. The number of aryl methyl sites for hydroxylation is 1. The van der Waals surface area contributed by atoms with Crippen LogP contribution in [0.4, 0.5) is 4.79 Å². The summed E-state index contributed by atoms with van der Waals surface area (Å²) >= 11 is 0. The maximum Gasteiger partial charge on any atom is 0.410 e. The van der Waals surface area contributed by atoms with Crippen molar-refractivity contribution in [3.8, 4) is 11.8 Å². The lowest BCUT2D eigenvalue weighted by molar-refractivity contribution is 0.0162. The van der Waals surface area contributed by atoms with Crippen LogP contribution in [-0.4, -0.2) is 61.1 Å². The summed E-state index contributed by atoms with van der Waals surface area (Å²) in [6.45, 7) is 10.9. The fraction of sp³-hybridized carbons (Fsp3) is 0.600. The first-order chi connectivity index (χ1) is 13.3. The van der Waals surface area contributed by atoms with Gasteiger partial charge in [0.2, 0.25) is 10.0 Å². The first-order valence-corrected chi connectivity index (χ1v) is 11.0. The number of hydrogen-bond donors (Lipinski definition) is 0. The minimum atomic E-state index is -3.90. The molecule has 1 aliphatic rings. The van der Waals surface area contributed by atoms with Crippen molar-refractivity contribution < 1.29 is 22.7 Å². The molecule has 0 radical (unpaired) electrons. The van der Waals surface area contributed by atoms with E-state index in [4.69, 9.17) is 9.47 Å². The number of amides is 1. The standard InChI is InChI=1S/C20H29N3O5S/c1-14(2)27-18-8-7-17(11-15(18)3)29(25,26)23-10-9-22(13-16(23)12-21)19(24)28-20(4,5)6/h7-8,11,14,16H,9-10,13H2,1-6H3/t16-/m0/s1. The minimum absolute atomic E-state index is 0.0170. The second kappa shape index (κ2) is 8.59. The molecule has 0 bridgehead atoms. The van der Waals surface area contributed by atoms with Crippen molar-refractivity contribution in [3.63, 3.8) is 0 Å². The Kier molecular flexibility index (Phi) is 6.81. The number of sulfonamides is 1. The summed E-state index contributed by atoms with van der Waals surface area (Å²) in [7, 11) is -3.90. The molecule has 1 heterocycles. The van der Waals surface area contributed by atoms with Crippen LogP contribution in [0.1, 0.15) is 40.2 Å². The zero-order chi connectivity index (χ0) is 22.0. The molecule has 1 fully saturated rings. The zero-order valence-electron chi connectivity index (χ0n) is 17.8. The lowest BCUT2D eigenvalue weighted by Gasteiger charge is -2.37. The molecule has 160 valence electrons. The van der Waals surface area contributed by atoms with Gasteiger partial charge in [0.05, 0.1) is 23.6 Å². The third-order valence-electron chi connectivity index (χ3n) is 4.25. The summed E-state index contributed by atoms with van der Waals surface area (Å²) in [4.78, 5) is 13.7. The van der Waals surface area contributed by atoms with Crippen LogP contribution in [-0.2, 0) is 14.8 Å². The Morgan fingerprint density at radius 1 is 1.28 bits per heavy atom. The largest absolute Gasteiger partial charge is 0.491 e. The molecule has 1 aromatic rings. The van der Waals surface area contributed by atoms with E-state index < -0.39 is 27.8 Å². The zero-order valence-corrected chi connectivity index (χ0v) is 18.6. The van der Waals surface area contributed by atoms with Gasteiger partial charge in [0.15, 0.2) is 0 Å². The van der Waals surface area contributed by atoms with Gasteiger partial charge in [0.25, 0.3) is 0 Å². The normalized spacial score (nSPS) is 18.4. The molecule has 1 amide bonds. The van der Waals surface area contributed by atoms with E-state index in [1.165, 1.54) is 11.0 Å². The highest BCUT2D eigenvalue weighted by Crippen LogP contribution is 2.27. The van der Waals surface area contributed by atoms with Gasteiger partial charge in [0.1, 0.15) is 17.4 Å². The van der Waals surface area contributed by atoms with Gasteiger partial charge in [-0.25, -0.2) is 13.2 Å². The second-order valence-corrected chi connectivity index (χ2v) is 10.2. The average Bonchev–Trinajstić information content (AvgIpc) is 2.60. The van der Waals surface area contributed by atoms with E-state index in [-0.39, 0.29) is 30.6 Å². The summed E-state index contributed by atoms with van der Waals surface area (Å²) in [5.74, 6) is 0.616. The molecule has 2 rings (SSSR count). The van der Waals surface area contributed by atoms with Crippen LogP contribution in [0, 0.1) is 18.3 Å². The molecule has 1 aliphatic heterocycles. The van der Waals surface area contributed by atoms with Crippen LogP contribution in [0.2, 0.25) is 0 Å². The quantitative estimate of drug-likeness (QED) is 0.738. The number of nitriles is 1. The Morgan fingerprint density at radius 2 is 1.93 bits per heavy atom. The van der Waals surface area contributed by atoms with Crippen molar-refractivity contribution in [2.75, 3.05) is 19.6 Å². The topological polar surface area (TPSA) is 99.9 Å². The Morgan fingerprint density at radius 3 is 2.45 bits per heavy atom. The summed E-state index contributed by atoms with van der Waals surface area (Å²) in [5, 5.41) is 9.55. The fourth-order valence-electron chi connectivity index (χ4n) is 2.96. The summed E-state index contributed by atoms with van der Waals surface area (Å²) in [6, 6.07) is 5.66. The van der Waals surface area contributed by atoms with Crippen molar-refractivity contribution >= 4 is 16.1 Å². The molecule has 0 saturated carbocycles. The number of carbonyl (C=O) groups is 1. The molecular formula is C20H29N3O5S. The number of carbonyl (C=O) groups excluding carboxylic acids is 1. The molecule has 0 spiro atoms. The van der Waals surface area contributed by atoms with Crippen LogP contribution in [0.15, 0.2) is 23.1 Å². The highest BCUT2D eigenvalue weighted by molar-refractivity contribution is 7.89. The van der Waals surface area contributed by atoms with Gasteiger partial charge in [-0.15, -0.1) is 0 Å². The Labute approximate surface area is 173 Å². The van der Waals surface area contributed by atoms with E-state index in [0.29, 0.717) is 11.3 Å². The molecular weight excluding hydrogens is 394 g/mol. The Balaban J connectivity index is 2.22.